The van der Waals surface area contributed by atoms with E-state index in [2.05, 4.69) is 41.1 Å². The minimum Gasteiger partial charge on any atom is -0.476 e. The lowest BCUT2D eigenvalue weighted by Crippen LogP contribution is -2.38. The highest BCUT2D eigenvalue weighted by molar-refractivity contribution is 9.10. The predicted molar refractivity (Wildman–Crippen MR) is 113 cm³/mol. The number of nitrogens with one attached hydrogen (secondary N) is 1. The molecule has 1 fully saturated rings. The van der Waals surface area contributed by atoms with Crippen molar-refractivity contribution in [2.45, 2.75) is 0 Å². The molecule has 0 saturated carbocycles. The first kappa shape index (κ1) is 19.7. The van der Waals surface area contributed by atoms with E-state index in [0.717, 1.165) is 43.9 Å². The second-order valence-corrected chi connectivity index (χ2v) is 7.50. The van der Waals surface area contributed by atoms with E-state index in [-0.39, 0.29) is 5.56 Å². The number of fused-ring (bicyclic) bond motifs is 1. The molecule has 10 heteroatoms. The Morgan fingerprint density at radius 3 is 2.83 bits per heavy atom. The Labute approximate surface area is 175 Å². The Kier molecular flexibility index (Phi) is 6.02. The number of ether oxygens (including phenoxy) is 2. The van der Waals surface area contributed by atoms with Crippen LogP contribution in [0.15, 0.2) is 39.9 Å². The second kappa shape index (κ2) is 8.85. The van der Waals surface area contributed by atoms with Crippen LogP contribution in [0.3, 0.4) is 0 Å². The van der Waals surface area contributed by atoms with Crippen molar-refractivity contribution in [2.75, 3.05) is 44.8 Å². The van der Waals surface area contributed by atoms with Gasteiger partial charge in [-0.1, -0.05) is 0 Å². The van der Waals surface area contributed by atoms with Gasteiger partial charge in [-0.25, -0.2) is 9.97 Å². The van der Waals surface area contributed by atoms with E-state index < -0.39 is 0 Å². The van der Waals surface area contributed by atoms with Crippen LogP contribution in [-0.2, 0) is 11.8 Å². The third-order valence-corrected chi connectivity index (χ3v) is 5.23. The van der Waals surface area contributed by atoms with Gasteiger partial charge in [0.05, 0.1) is 29.6 Å². The monoisotopic (exact) mass is 460 g/mol. The summed E-state index contributed by atoms with van der Waals surface area (Å²) >= 11 is 3.25. The lowest BCUT2D eigenvalue weighted by Gasteiger charge is -2.26. The average molecular weight is 461 g/mol. The molecule has 0 amide bonds. The quantitative estimate of drug-likeness (QED) is 0.596. The Morgan fingerprint density at radius 1 is 1.24 bits per heavy atom. The number of hydrogen-bond donors (Lipinski definition) is 1. The van der Waals surface area contributed by atoms with Crippen LogP contribution >= 0.6 is 15.9 Å². The van der Waals surface area contributed by atoms with E-state index in [0.29, 0.717) is 28.6 Å². The first-order chi connectivity index (χ1) is 14.1. The molecule has 1 aliphatic rings. The van der Waals surface area contributed by atoms with E-state index in [9.17, 15) is 4.79 Å². The van der Waals surface area contributed by atoms with Gasteiger partial charge in [0.1, 0.15) is 12.3 Å². The first-order valence-corrected chi connectivity index (χ1v) is 10.1. The maximum absolute atomic E-state index is 12.1. The van der Waals surface area contributed by atoms with Gasteiger partial charge < -0.3 is 14.8 Å². The van der Waals surface area contributed by atoms with Gasteiger partial charge in [0.15, 0.2) is 0 Å². The van der Waals surface area contributed by atoms with Crippen molar-refractivity contribution in [1.82, 2.24) is 24.4 Å². The molecule has 29 heavy (non-hydrogen) atoms. The number of hydrogen-bond acceptors (Lipinski definition) is 8. The lowest BCUT2D eigenvalue weighted by molar-refractivity contribution is 0.0320. The van der Waals surface area contributed by atoms with Crippen LogP contribution in [0, 0.1) is 0 Å². The van der Waals surface area contributed by atoms with Crippen LogP contribution in [0.5, 0.6) is 5.88 Å². The van der Waals surface area contributed by atoms with Crippen molar-refractivity contribution in [3.8, 4) is 5.88 Å². The predicted octanol–water partition coefficient (Wildman–Crippen LogP) is 1.94. The summed E-state index contributed by atoms with van der Waals surface area (Å²) in [6.45, 7) is 4.87. The number of nitrogens with zero attached hydrogens (tertiary/aromatic N) is 5. The first-order valence-electron chi connectivity index (χ1n) is 9.28. The number of anilines is 2. The summed E-state index contributed by atoms with van der Waals surface area (Å²) < 4.78 is 13.0. The third-order valence-electron chi connectivity index (χ3n) is 4.66. The Morgan fingerprint density at radius 2 is 2.07 bits per heavy atom. The molecule has 3 aromatic rings. The molecule has 9 nitrogen and oxygen atoms in total. The zero-order valence-electron chi connectivity index (χ0n) is 16.0. The Hall–Kier alpha value is -2.56. The topological polar surface area (TPSA) is 94.4 Å². The zero-order chi connectivity index (χ0) is 20.2. The summed E-state index contributed by atoms with van der Waals surface area (Å²) in [6, 6.07) is 5.37. The summed E-state index contributed by atoms with van der Waals surface area (Å²) in [5, 5.41) is 3.87. The molecule has 0 atom stereocenters. The molecule has 0 aliphatic carbocycles. The molecule has 152 valence electrons. The van der Waals surface area contributed by atoms with E-state index in [4.69, 9.17) is 9.47 Å². The van der Waals surface area contributed by atoms with Crippen molar-refractivity contribution in [2.24, 2.45) is 7.05 Å². The van der Waals surface area contributed by atoms with Crippen LogP contribution in [-0.4, -0.2) is 63.9 Å². The van der Waals surface area contributed by atoms with E-state index in [1.54, 1.807) is 31.6 Å². The summed E-state index contributed by atoms with van der Waals surface area (Å²) in [5.74, 6) is 0.952. The minimum absolute atomic E-state index is 0.151. The summed E-state index contributed by atoms with van der Waals surface area (Å²) in [6.07, 6.45) is 3.34. The van der Waals surface area contributed by atoms with Gasteiger partial charge >= 0.3 is 0 Å². The summed E-state index contributed by atoms with van der Waals surface area (Å²) in [5.41, 5.74) is 1.13. The fourth-order valence-electron chi connectivity index (χ4n) is 3.04. The highest BCUT2D eigenvalue weighted by Gasteiger charge is 2.10. The molecule has 1 N–H and O–H groups in total. The van der Waals surface area contributed by atoms with Crippen molar-refractivity contribution in [3.05, 3.63) is 45.4 Å². The maximum atomic E-state index is 12.1. The molecule has 0 unspecified atom stereocenters. The summed E-state index contributed by atoms with van der Waals surface area (Å²) in [7, 11) is 1.68. The number of aryl methyl sites for hydroxylation is 1. The van der Waals surface area contributed by atoms with Gasteiger partial charge in [0.25, 0.3) is 5.56 Å². The van der Waals surface area contributed by atoms with E-state index >= 15 is 0 Å². The molecule has 0 spiro atoms. The number of halogens is 1. The van der Waals surface area contributed by atoms with Crippen LogP contribution in [0.2, 0.25) is 0 Å². The van der Waals surface area contributed by atoms with Gasteiger partial charge in [-0.2, -0.15) is 4.98 Å². The van der Waals surface area contributed by atoms with Crippen molar-refractivity contribution >= 4 is 38.6 Å². The highest BCUT2D eigenvalue weighted by Crippen LogP contribution is 2.18. The van der Waals surface area contributed by atoms with E-state index in [1.807, 2.05) is 6.07 Å². The largest absolute Gasteiger partial charge is 0.476 e. The average Bonchev–Trinajstić information content (AvgIpc) is 2.75. The smallest absolute Gasteiger partial charge is 0.266 e. The molecule has 1 saturated heterocycles. The third kappa shape index (κ3) is 4.72. The van der Waals surface area contributed by atoms with Crippen LogP contribution in [0.4, 0.5) is 11.6 Å². The minimum atomic E-state index is -0.151. The van der Waals surface area contributed by atoms with Crippen LogP contribution in [0.1, 0.15) is 0 Å². The van der Waals surface area contributed by atoms with Gasteiger partial charge in [0.2, 0.25) is 11.8 Å². The molecular weight excluding hydrogens is 440 g/mol. The molecular formula is C19H21BrN6O3. The molecule has 0 aromatic carbocycles. The van der Waals surface area contributed by atoms with Gasteiger partial charge in [0, 0.05) is 44.3 Å². The molecule has 0 radical (unpaired) electrons. The van der Waals surface area contributed by atoms with E-state index in [1.165, 1.54) is 4.57 Å². The SMILES string of the molecule is Cn1c(=O)c(Br)cc2cnc(Nc3ccc(OCCN4CCOCC4)nc3)nc21. The zero-order valence-corrected chi connectivity index (χ0v) is 17.6. The van der Waals surface area contributed by atoms with Gasteiger partial charge in [-0.3, -0.25) is 14.3 Å². The molecule has 0 bridgehead atoms. The lowest BCUT2D eigenvalue weighted by atomic mass is 10.3. The van der Waals surface area contributed by atoms with Gasteiger partial charge in [-0.05, 0) is 28.1 Å². The fourth-order valence-corrected chi connectivity index (χ4v) is 3.55. The van der Waals surface area contributed by atoms with Crippen LogP contribution in [0.25, 0.3) is 11.0 Å². The van der Waals surface area contributed by atoms with Gasteiger partial charge in [-0.15, -0.1) is 0 Å². The number of pyridine rings is 2. The molecule has 4 rings (SSSR count). The maximum Gasteiger partial charge on any atom is 0.266 e. The highest BCUT2D eigenvalue weighted by atomic mass is 79.9. The van der Waals surface area contributed by atoms with Crippen molar-refractivity contribution < 1.29 is 9.47 Å². The molecule has 3 aromatic heterocycles. The van der Waals surface area contributed by atoms with Crippen molar-refractivity contribution in [1.29, 1.82) is 0 Å². The summed E-state index contributed by atoms with van der Waals surface area (Å²) in [4.78, 5) is 27.5. The normalized spacial score (nSPS) is 14.8. The molecule has 4 heterocycles. The van der Waals surface area contributed by atoms with Crippen LogP contribution < -0.4 is 15.6 Å². The van der Waals surface area contributed by atoms with Crippen molar-refractivity contribution in [3.63, 3.8) is 0 Å². The standard InChI is InChI=1S/C19H21BrN6O3/c1-25-17-13(10-15(20)18(25)27)11-22-19(24-17)23-14-2-3-16(21-12-14)29-9-6-26-4-7-28-8-5-26/h2-3,10-12H,4-9H2,1H3,(H,22,23,24). The number of morpholine rings is 1. The number of rotatable bonds is 6. The second-order valence-electron chi connectivity index (χ2n) is 6.64. The Bertz CT molecular complexity index is 1050. The molecule has 1 aliphatic heterocycles. The number of aromatic nitrogens is 4. The fraction of sp³-hybridized carbons (Fsp3) is 0.368. The Balaban J connectivity index is 1.38.